The van der Waals surface area contributed by atoms with Gasteiger partial charge in [0.05, 0.1) is 13.2 Å². The SMILES string of the molecule is C=C(CNC(=O)c1ccc2c(c1)/C=C/C=C\C=C\C2(F)F)N(CO)[C@@H](CO)C(=O)O. The molecular formula is C21H22F2N2O5. The number of alkyl halides is 2. The molecule has 2 rings (SSSR count). The largest absolute Gasteiger partial charge is 0.480 e. The van der Waals surface area contributed by atoms with Gasteiger partial charge in [-0.1, -0.05) is 43.0 Å². The minimum absolute atomic E-state index is 0.0525. The van der Waals surface area contributed by atoms with E-state index in [2.05, 4.69) is 11.9 Å². The zero-order chi connectivity index (χ0) is 22.3. The molecular weight excluding hydrogens is 398 g/mol. The van der Waals surface area contributed by atoms with E-state index >= 15 is 0 Å². The molecule has 0 bridgehead atoms. The summed E-state index contributed by atoms with van der Waals surface area (Å²) in [5.41, 5.74) is 0.0858. The second kappa shape index (κ2) is 9.95. The number of carbonyl (C=O) groups excluding carboxylic acids is 1. The maximum absolute atomic E-state index is 14.3. The van der Waals surface area contributed by atoms with E-state index in [1.807, 2.05) is 0 Å². The molecule has 1 aromatic rings. The van der Waals surface area contributed by atoms with Crippen molar-refractivity contribution in [2.24, 2.45) is 0 Å². The van der Waals surface area contributed by atoms with Gasteiger partial charge in [0.2, 0.25) is 0 Å². The number of aliphatic hydroxyl groups excluding tert-OH is 2. The summed E-state index contributed by atoms with van der Waals surface area (Å²) in [5, 5.41) is 30.1. The number of carbonyl (C=O) groups is 2. The van der Waals surface area contributed by atoms with Crippen LogP contribution in [0.25, 0.3) is 6.08 Å². The van der Waals surface area contributed by atoms with Gasteiger partial charge in [0, 0.05) is 16.8 Å². The third-order valence-electron chi connectivity index (χ3n) is 4.43. The lowest BCUT2D eigenvalue weighted by Crippen LogP contribution is -2.45. The van der Waals surface area contributed by atoms with Crippen LogP contribution in [0, 0.1) is 0 Å². The third kappa shape index (κ3) is 5.40. The molecule has 9 heteroatoms. The number of halogens is 2. The van der Waals surface area contributed by atoms with E-state index in [1.54, 1.807) is 12.2 Å². The van der Waals surface area contributed by atoms with E-state index in [9.17, 15) is 28.6 Å². The molecule has 0 aliphatic heterocycles. The molecule has 1 atom stereocenters. The molecule has 4 N–H and O–H groups in total. The number of rotatable bonds is 8. The summed E-state index contributed by atoms with van der Waals surface area (Å²) < 4.78 is 28.7. The molecule has 0 unspecified atom stereocenters. The summed E-state index contributed by atoms with van der Waals surface area (Å²) in [6.45, 7) is 1.90. The van der Waals surface area contributed by atoms with E-state index in [0.717, 1.165) is 11.0 Å². The molecule has 1 aliphatic carbocycles. The Bertz CT molecular complexity index is 909. The summed E-state index contributed by atoms with van der Waals surface area (Å²) in [6.07, 6.45) is 8.11. The number of benzene rings is 1. The molecule has 0 aromatic heterocycles. The Morgan fingerprint density at radius 3 is 2.50 bits per heavy atom. The second-order valence-electron chi connectivity index (χ2n) is 6.42. The van der Waals surface area contributed by atoms with Gasteiger partial charge in [-0.05, 0) is 23.8 Å². The van der Waals surface area contributed by atoms with Gasteiger partial charge in [0.25, 0.3) is 11.8 Å². The molecule has 0 saturated heterocycles. The molecule has 0 fully saturated rings. The smallest absolute Gasteiger partial charge is 0.328 e. The first kappa shape index (κ1) is 23.0. The lowest BCUT2D eigenvalue weighted by molar-refractivity contribution is -0.145. The summed E-state index contributed by atoms with van der Waals surface area (Å²) in [4.78, 5) is 24.5. The number of amides is 1. The number of hydrogen-bond acceptors (Lipinski definition) is 5. The van der Waals surface area contributed by atoms with E-state index < -0.39 is 37.2 Å². The summed E-state index contributed by atoms with van der Waals surface area (Å²) in [5.74, 6) is -5.18. The van der Waals surface area contributed by atoms with Crippen LogP contribution in [-0.4, -0.2) is 58.0 Å². The number of carboxylic acid groups (broad SMARTS) is 1. The average molecular weight is 420 g/mol. The van der Waals surface area contributed by atoms with Crippen LogP contribution in [0.5, 0.6) is 0 Å². The lowest BCUT2D eigenvalue weighted by Gasteiger charge is -2.29. The van der Waals surface area contributed by atoms with E-state index in [4.69, 9.17) is 5.11 Å². The average Bonchev–Trinajstić information content (AvgIpc) is 2.78. The Morgan fingerprint density at radius 1 is 1.17 bits per heavy atom. The number of allylic oxidation sites excluding steroid dienone is 5. The van der Waals surface area contributed by atoms with Crippen molar-refractivity contribution in [3.8, 4) is 0 Å². The Kier molecular flexibility index (Phi) is 7.62. The third-order valence-corrected chi connectivity index (χ3v) is 4.43. The first-order chi connectivity index (χ1) is 14.2. The lowest BCUT2D eigenvalue weighted by atomic mass is 9.98. The predicted octanol–water partition coefficient (Wildman–Crippen LogP) is 1.86. The Balaban J connectivity index is 2.17. The van der Waals surface area contributed by atoms with Crippen molar-refractivity contribution in [1.82, 2.24) is 10.2 Å². The van der Waals surface area contributed by atoms with Crippen molar-refractivity contribution in [1.29, 1.82) is 0 Å². The fourth-order valence-electron chi connectivity index (χ4n) is 2.81. The minimum atomic E-state index is -3.21. The molecule has 0 spiro atoms. The predicted molar refractivity (Wildman–Crippen MR) is 107 cm³/mol. The van der Waals surface area contributed by atoms with Crippen molar-refractivity contribution >= 4 is 18.0 Å². The quantitative estimate of drug-likeness (QED) is 0.478. The van der Waals surface area contributed by atoms with Gasteiger partial charge in [0.15, 0.2) is 6.04 Å². The molecule has 1 aromatic carbocycles. The maximum atomic E-state index is 14.3. The summed E-state index contributed by atoms with van der Waals surface area (Å²) in [7, 11) is 0. The summed E-state index contributed by atoms with van der Waals surface area (Å²) in [6, 6.07) is 2.33. The highest BCUT2D eigenvalue weighted by atomic mass is 19.3. The van der Waals surface area contributed by atoms with Crippen LogP contribution in [0.2, 0.25) is 0 Å². The van der Waals surface area contributed by atoms with Crippen molar-refractivity contribution < 1.29 is 33.7 Å². The van der Waals surface area contributed by atoms with E-state index in [0.29, 0.717) is 0 Å². The van der Waals surface area contributed by atoms with Crippen molar-refractivity contribution in [3.63, 3.8) is 0 Å². The summed E-state index contributed by atoms with van der Waals surface area (Å²) >= 11 is 0. The van der Waals surface area contributed by atoms with Gasteiger partial charge >= 0.3 is 5.97 Å². The van der Waals surface area contributed by atoms with Gasteiger partial charge in [-0.25, -0.2) is 4.79 Å². The zero-order valence-corrected chi connectivity index (χ0v) is 16.0. The van der Waals surface area contributed by atoms with Gasteiger partial charge in [0.1, 0.15) is 6.73 Å². The first-order valence-corrected chi connectivity index (χ1v) is 8.93. The standard InChI is InChI=1S/C21H22F2N2O5/c1-14(25(13-27)18(12-26)20(29)30)11-24-19(28)16-7-8-17-15(10-16)6-4-2-3-5-9-21(17,22)23/h2-10,18,26-27H,1,11-13H2,(H,24,28)(H,29,30)/b3-2-,6-4+,9-5+/t18-/m0/s1. The highest BCUT2D eigenvalue weighted by molar-refractivity contribution is 5.95. The van der Waals surface area contributed by atoms with Crippen LogP contribution < -0.4 is 5.32 Å². The second-order valence-corrected chi connectivity index (χ2v) is 6.42. The molecule has 1 aliphatic rings. The molecule has 0 radical (unpaired) electrons. The fraction of sp³-hybridized carbons (Fsp3) is 0.238. The highest BCUT2D eigenvalue weighted by Gasteiger charge is 2.31. The van der Waals surface area contributed by atoms with Gasteiger partial charge in [-0.2, -0.15) is 8.78 Å². The Hall–Kier alpha value is -3.30. The molecule has 7 nitrogen and oxygen atoms in total. The van der Waals surface area contributed by atoms with Crippen molar-refractivity contribution in [2.45, 2.75) is 12.0 Å². The van der Waals surface area contributed by atoms with Crippen molar-refractivity contribution in [3.05, 3.63) is 77.5 Å². The van der Waals surface area contributed by atoms with Gasteiger partial charge in [-0.15, -0.1) is 0 Å². The molecule has 160 valence electrons. The van der Waals surface area contributed by atoms with Crippen LogP contribution in [0.1, 0.15) is 21.5 Å². The van der Waals surface area contributed by atoms with Crippen LogP contribution in [0.4, 0.5) is 8.78 Å². The van der Waals surface area contributed by atoms with Crippen LogP contribution in [-0.2, 0) is 10.7 Å². The Labute approximate surface area is 171 Å². The fourth-order valence-corrected chi connectivity index (χ4v) is 2.81. The topological polar surface area (TPSA) is 110 Å². The Morgan fingerprint density at radius 2 is 1.87 bits per heavy atom. The van der Waals surface area contributed by atoms with Crippen LogP contribution in [0.15, 0.2) is 60.9 Å². The number of nitrogens with one attached hydrogen (secondary N) is 1. The van der Waals surface area contributed by atoms with Crippen molar-refractivity contribution in [2.75, 3.05) is 19.9 Å². The van der Waals surface area contributed by atoms with Crippen LogP contribution >= 0.6 is 0 Å². The minimum Gasteiger partial charge on any atom is -0.480 e. The van der Waals surface area contributed by atoms with Gasteiger partial charge in [-0.3, -0.25) is 4.79 Å². The number of hydrogen-bond donors (Lipinski definition) is 4. The van der Waals surface area contributed by atoms with E-state index in [1.165, 1.54) is 36.4 Å². The molecule has 1 amide bonds. The number of aliphatic hydroxyl groups is 2. The van der Waals surface area contributed by atoms with E-state index in [-0.39, 0.29) is 28.9 Å². The van der Waals surface area contributed by atoms with Crippen LogP contribution in [0.3, 0.4) is 0 Å². The zero-order valence-electron chi connectivity index (χ0n) is 16.0. The molecule has 0 saturated carbocycles. The monoisotopic (exact) mass is 420 g/mol. The highest BCUT2D eigenvalue weighted by Crippen LogP contribution is 2.34. The number of fused-ring (bicyclic) bond motifs is 1. The first-order valence-electron chi connectivity index (χ1n) is 8.93. The number of aliphatic carboxylic acids is 1. The number of carboxylic acids is 1. The molecule has 30 heavy (non-hydrogen) atoms. The van der Waals surface area contributed by atoms with Gasteiger partial charge < -0.3 is 25.5 Å². The normalized spacial score (nSPS) is 18.5. The molecule has 0 heterocycles. The maximum Gasteiger partial charge on any atom is 0.328 e. The number of nitrogens with zero attached hydrogens (tertiary/aromatic N) is 1.